The van der Waals surface area contributed by atoms with Crippen LogP contribution in [0.1, 0.15) is 10.5 Å². The molecule has 0 aliphatic rings. The first-order chi connectivity index (χ1) is 5.24. The third-order valence-electron chi connectivity index (χ3n) is 1.13. The summed E-state index contributed by atoms with van der Waals surface area (Å²) in [5, 5.41) is 10.7. The highest BCUT2D eigenvalue weighted by molar-refractivity contribution is 5.87. The lowest BCUT2D eigenvalue weighted by Crippen LogP contribution is -2.02. The highest BCUT2D eigenvalue weighted by Gasteiger charge is 2.06. The van der Waals surface area contributed by atoms with Gasteiger partial charge in [-0.05, 0) is 0 Å². The molecule has 57 valence electrons. The third-order valence-corrected chi connectivity index (χ3v) is 1.13. The van der Waals surface area contributed by atoms with Crippen LogP contribution >= 0.6 is 0 Å². The minimum absolute atomic E-state index is 0.0417. The number of methoxy groups -OCH3 is 1. The number of ether oxygens (including phenoxy) is 1. The summed E-state index contributed by atoms with van der Waals surface area (Å²) in [4.78, 5) is 14.4. The Labute approximate surface area is 63.5 Å². The van der Waals surface area contributed by atoms with Gasteiger partial charge >= 0.3 is 5.97 Å². The molecule has 0 bridgehead atoms. The van der Waals surface area contributed by atoms with Crippen molar-refractivity contribution in [1.29, 1.82) is 0 Å². The molecule has 1 aromatic rings. The molecular formula is C7H6NO3. The van der Waals surface area contributed by atoms with Crippen LogP contribution < -0.4 is 0 Å². The molecule has 0 aliphatic heterocycles. The summed E-state index contributed by atoms with van der Waals surface area (Å²) in [7, 11) is 1.24. The second kappa shape index (κ2) is 3.01. The lowest BCUT2D eigenvalue weighted by molar-refractivity contribution is 0.0593. The van der Waals surface area contributed by atoms with Crippen molar-refractivity contribution in [2.24, 2.45) is 0 Å². The first kappa shape index (κ1) is 7.53. The fourth-order valence-corrected chi connectivity index (χ4v) is 0.627. The topological polar surface area (TPSA) is 59.1 Å². The molecule has 0 saturated carbocycles. The molecule has 0 N–H and O–H groups in total. The van der Waals surface area contributed by atoms with Gasteiger partial charge in [0.1, 0.15) is 0 Å². The fourth-order valence-electron chi connectivity index (χ4n) is 0.627. The van der Waals surface area contributed by atoms with Gasteiger partial charge in [0.15, 0.2) is 11.4 Å². The maximum absolute atomic E-state index is 10.7. The van der Waals surface area contributed by atoms with Crippen molar-refractivity contribution >= 4 is 5.97 Å². The molecule has 1 radical (unpaired) electrons. The first-order valence-electron chi connectivity index (χ1n) is 2.95. The van der Waals surface area contributed by atoms with Crippen LogP contribution in [0.3, 0.4) is 0 Å². The molecule has 0 aromatic carbocycles. The number of carbonyl (C=O) groups is 1. The van der Waals surface area contributed by atoms with Crippen LogP contribution in [0.25, 0.3) is 0 Å². The Hall–Kier alpha value is -1.58. The predicted octanol–water partition coefficient (Wildman–Crippen LogP) is 1.01. The minimum atomic E-state index is -0.595. The van der Waals surface area contributed by atoms with E-state index in [9.17, 15) is 9.90 Å². The summed E-state index contributed by atoms with van der Waals surface area (Å²) in [6, 6.07) is 2.40. The predicted molar refractivity (Wildman–Crippen MR) is 35.7 cm³/mol. The zero-order valence-electron chi connectivity index (χ0n) is 5.90. The normalized spacial score (nSPS) is 9.18. The molecule has 0 unspecified atom stereocenters. The van der Waals surface area contributed by atoms with Gasteiger partial charge < -0.3 is 4.74 Å². The smallest absolute Gasteiger partial charge is 0.356 e. The molecule has 11 heavy (non-hydrogen) atoms. The summed E-state index contributed by atoms with van der Waals surface area (Å²) in [6.45, 7) is 0. The summed E-state index contributed by atoms with van der Waals surface area (Å²) in [5.41, 5.74) is 0.0417. The Kier molecular flexibility index (Phi) is 2.06. The van der Waals surface area contributed by atoms with Crippen molar-refractivity contribution < 1.29 is 14.6 Å². The van der Waals surface area contributed by atoms with Crippen LogP contribution in [0.2, 0.25) is 0 Å². The molecule has 0 fully saturated rings. The number of nitrogens with zero attached hydrogens (tertiary/aromatic N) is 1. The summed E-state index contributed by atoms with van der Waals surface area (Å²) < 4.78 is 4.35. The average Bonchev–Trinajstić information content (AvgIpc) is 2.03. The van der Waals surface area contributed by atoms with E-state index in [1.165, 1.54) is 19.4 Å². The summed E-state index contributed by atoms with van der Waals surface area (Å²) in [6.07, 6.45) is 1.27. The molecule has 1 rings (SSSR count). The van der Waals surface area contributed by atoms with E-state index in [2.05, 4.69) is 9.72 Å². The van der Waals surface area contributed by atoms with Gasteiger partial charge in [0.25, 0.3) is 0 Å². The lowest BCUT2D eigenvalue weighted by atomic mass is 10.3. The van der Waals surface area contributed by atoms with Crippen molar-refractivity contribution in [2.45, 2.75) is 0 Å². The van der Waals surface area contributed by atoms with Gasteiger partial charge in [0.05, 0.1) is 7.11 Å². The van der Waals surface area contributed by atoms with Crippen LogP contribution in [0.4, 0.5) is 0 Å². The van der Waals surface area contributed by atoms with Gasteiger partial charge in [-0.2, -0.15) is 0 Å². The Morgan fingerprint density at radius 1 is 1.64 bits per heavy atom. The lowest BCUT2D eigenvalue weighted by Gasteiger charge is -1.95. The van der Waals surface area contributed by atoms with Crippen molar-refractivity contribution in [3.63, 3.8) is 0 Å². The Balaban J connectivity index is 2.96. The number of hydrogen-bond acceptors (Lipinski definition) is 3. The SMILES string of the molecule is COC(=O)c1cc([O])ccn1. The number of pyridine rings is 1. The molecule has 0 spiro atoms. The first-order valence-corrected chi connectivity index (χ1v) is 2.95. The zero-order valence-corrected chi connectivity index (χ0v) is 5.90. The van der Waals surface area contributed by atoms with Gasteiger partial charge in [0.2, 0.25) is 0 Å². The standard InChI is InChI=1S/C7H6NO3/c1-11-7(10)6-4-5(9)2-3-8-6/h2-4H,1H3. The van der Waals surface area contributed by atoms with Gasteiger partial charge in [-0.1, -0.05) is 0 Å². The summed E-state index contributed by atoms with van der Waals surface area (Å²) >= 11 is 0. The second-order valence-corrected chi connectivity index (χ2v) is 1.87. The molecule has 0 amide bonds. The van der Waals surface area contributed by atoms with Crippen molar-refractivity contribution in [1.82, 2.24) is 4.98 Å². The van der Waals surface area contributed by atoms with E-state index in [-0.39, 0.29) is 11.4 Å². The van der Waals surface area contributed by atoms with E-state index in [0.717, 1.165) is 6.07 Å². The number of hydrogen-bond donors (Lipinski definition) is 0. The Bertz CT molecular complexity index is 272. The fraction of sp³-hybridized carbons (Fsp3) is 0.143. The molecule has 1 heterocycles. The average molecular weight is 152 g/mol. The maximum Gasteiger partial charge on any atom is 0.356 e. The molecule has 4 heteroatoms. The zero-order chi connectivity index (χ0) is 8.27. The van der Waals surface area contributed by atoms with E-state index >= 15 is 0 Å². The van der Waals surface area contributed by atoms with E-state index in [4.69, 9.17) is 0 Å². The van der Waals surface area contributed by atoms with Crippen molar-refractivity contribution in [3.8, 4) is 5.75 Å². The number of rotatable bonds is 1. The van der Waals surface area contributed by atoms with Crippen LogP contribution in [0.5, 0.6) is 5.75 Å². The number of carbonyl (C=O) groups excluding carboxylic acids is 1. The quantitative estimate of drug-likeness (QED) is 0.564. The number of aromatic nitrogens is 1. The summed E-state index contributed by atoms with van der Waals surface area (Å²) in [5.74, 6) is -0.844. The van der Waals surface area contributed by atoms with Crippen LogP contribution in [0.15, 0.2) is 18.3 Å². The highest BCUT2D eigenvalue weighted by Crippen LogP contribution is 2.09. The van der Waals surface area contributed by atoms with E-state index in [1.54, 1.807) is 0 Å². The van der Waals surface area contributed by atoms with Gasteiger partial charge in [-0.25, -0.2) is 9.78 Å². The minimum Gasteiger partial charge on any atom is -0.464 e. The van der Waals surface area contributed by atoms with Crippen molar-refractivity contribution in [3.05, 3.63) is 24.0 Å². The molecule has 0 saturated heterocycles. The Morgan fingerprint density at radius 3 is 2.91 bits per heavy atom. The van der Waals surface area contributed by atoms with Gasteiger partial charge in [0, 0.05) is 18.3 Å². The Morgan fingerprint density at radius 2 is 2.36 bits per heavy atom. The van der Waals surface area contributed by atoms with E-state index in [0.29, 0.717) is 0 Å². The molecule has 0 atom stereocenters. The van der Waals surface area contributed by atoms with Gasteiger partial charge in [-0.3, -0.25) is 5.11 Å². The second-order valence-electron chi connectivity index (χ2n) is 1.87. The monoisotopic (exact) mass is 152 g/mol. The van der Waals surface area contributed by atoms with Crippen LogP contribution in [-0.4, -0.2) is 18.1 Å². The van der Waals surface area contributed by atoms with Crippen LogP contribution in [-0.2, 0) is 9.84 Å². The number of esters is 1. The van der Waals surface area contributed by atoms with E-state index in [1.807, 2.05) is 0 Å². The third kappa shape index (κ3) is 1.67. The van der Waals surface area contributed by atoms with E-state index < -0.39 is 5.97 Å². The van der Waals surface area contributed by atoms with Crippen molar-refractivity contribution in [2.75, 3.05) is 7.11 Å². The maximum atomic E-state index is 10.7. The molecular weight excluding hydrogens is 146 g/mol. The van der Waals surface area contributed by atoms with Crippen LogP contribution in [0, 0.1) is 0 Å². The highest BCUT2D eigenvalue weighted by atomic mass is 16.5. The van der Waals surface area contributed by atoms with Gasteiger partial charge in [-0.15, -0.1) is 0 Å². The molecule has 1 aromatic heterocycles. The largest absolute Gasteiger partial charge is 0.464 e. The molecule has 0 aliphatic carbocycles. The molecule has 4 nitrogen and oxygen atoms in total.